The molecule has 136 valence electrons. The molecule has 2 aromatic rings. The Hall–Kier alpha value is -2.90. The first-order chi connectivity index (χ1) is 13.2. The molecule has 2 rings (SSSR count). The van der Waals surface area contributed by atoms with E-state index in [0.717, 1.165) is 0 Å². The lowest BCUT2D eigenvalue weighted by Crippen LogP contribution is -2.61. The minimum absolute atomic E-state index is 1.30. The second kappa shape index (κ2) is 10.3. The van der Waals surface area contributed by atoms with Crippen molar-refractivity contribution in [3.8, 4) is 0 Å². The molecule has 0 unspecified atom stereocenters. The minimum atomic E-state index is -2.48. The zero-order valence-electron chi connectivity index (χ0n) is 16.3. The van der Waals surface area contributed by atoms with Crippen molar-refractivity contribution in [1.82, 2.24) is 0 Å². The lowest BCUT2D eigenvalue weighted by atomic mass is 10.3. The van der Waals surface area contributed by atoms with Crippen molar-refractivity contribution in [3.63, 3.8) is 0 Å². The van der Waals surface area contributed by atoms with Gasteiger partial charge in [-0.05, 0) is 34.6 Å². The highest BCUT2D eigenvalue weighted by atomic mass is 28.3. The fourth-order valence-electron chi connectivity index (χ4n) is 3.60. The van der Waals surface area contributed by atoms with Crippen molar-refractivity contribution in [2.75, 3.05) is 0 Å². The van der Waals surface area contributed by atoms with E-state index in [9.17, 15) is 0 Å². The van der Waals surface area contributed by atoms with Gasteiger partial charge in [0.1, 0.15) is 0 Å². The van der Waals surface area contributed by atoms with Gasteiger partial charge in [0.15, 0.2) is 8.07 Å². The number of allylic oxidation sites excluding steroid dienone is 10. The first kappa shape index (κ1) is 20.4. The van der Waals surface area contributed by atoms with Gasteiger partial charge < -0.3 is 0 Å². The third-order valence-corrected chi connectivity index (χ3v) is 9.36. The predicted octanol–water partition coefficient (Wildman–Crippen LogP) is 5.71. The molecule has 0 spiro atoms. The van der Waals surface area contributed by atoms with Gasteiger partial charge in [0.25, 0.3) is 0 Å². The second-order valence-corrected chi connectivity index (χ2v) is 10.0. The fourth-order valence-corrected chi connectivity index (χ4v) is 8.55. The van der Waals surface area contributed by atoms with Crippen LogP contribution in [0, 0.1) is 0 Å². The molecule has 0 N–H and O–H groups in total. The van der Waals surface area contributed by atoms with Gasteiger partial charge in [-0.15, -0.1) is 0 Å². The van der Waals surface area contributed by atoms with E-state index in [1.807, 2.05) is 12.2 Å². The molecule has 0 radical (unpaired) electrons. The first-order valence-corrected chi connectivity index (χ1v) is 11.3. The summed E-state index contributed by atoms with van der Waals surface area (Å²) in [6.07, 6.45) is 16.8. The van der Waals surface area contributed by atoms with Crippen molar-refractivity contribution in [3.05, 3.63) is 133 Å². The molecule has 0 aromatic heterocycles. The average molecular weight is 369 g/mol. The molecule has 27 heavy (non-hydrogen) atoms. The molecule has 0 aliphatic carbocycles. The van der Waals surface area contributed by atoms with Gasteiger partial charge in [0, 0.05) is 0 Å². The Bertz CT molecular complexity index is 789. The molecule has 1 heteroatoms. The Balaban J connectivity index is 3.06. The van der Waals surface area contributed by atoms with E-state index in [-0.39, 0.29) is 0 Å². The van der Waals surface area contributed by atoms with Gasteiger partial charge in [-0.2, -0.15) is 0 Å². The zero-order chi connectivity index (χ0) is 19.5. The first-order valence-electron chi connectivity index (χ1n) is 9.28. The molecule has 0 amide bonds. The standard InChI is InChI=1S/C26H28Si/c1-5-15-23(16-6-2)27(24(17-7-3)18-8-4,25-19-11-9-12-20-25)26-21-13-10-14-22-26/h5-22H,1,3H2,2,4H3/b16-6-,18-8-,23-15+,24-17+. The number of benzene rings is 2. The van der Waals surface area contributed by atoms with E-state index < -0.39 is 8.07 Å². The third kappa shape index (κ3) is 4.26. The topological polar surface area (TPSA) is 0 Å². The Labute approximate surface area is 165 Å². The SMILES string of the molecule is C=C/C=C(\C=C/C)[Si](C(/C=C\C)=C/C=C)(c1ccccc1)c1ccccc1. The lowest BCUT2D eigenvalue weighted by Gasteiger charge is -2.36. The van der Waals surface area contributed by atoms with Crippen LogP contribution in [0.5, 0.6) is 0 Å². The second-order valence-electron chi connectivity index (χ2n) is 6.20. The van der Waals surface area contributed by atoms with E-state index in [2.05, 4.69) is 124 Å². The fraction of sp³-hybridized carbons (Fsp3) is 0.0769. The molecule has 0 saturated heterocycles. The van der Waals surface area contributed by atoms with Gasteiger partial charge >= 0.3 is 0 Å². The molecule has 0 aliphatic rings. The molecule has 0 nitrogen and oxygen atoms in total. The quantitative estimate of drug-likeness (QED) is 0.414. The van der Waals surface area contributed by atoms with Crippen molar-refractivity contribution < 1.29 is 0 Å². The molecule has 0 fully saturated rings. The van der Waals surface area contributed by atoms with Crippen LogP contribution in [-0.2, 0) is 0 Å². The predicted molar refractivity (Wildman–Crippen MR) is 124 cm³/mol. The molecule has 0 bridgehead atoms. The van der Waals surface area contributed by atoms with Gasteiger partial charge in [0.05, 0.1) is 0 Å². The lowest BCUT2D eigenvalue weighted by molar-refractivity contribution is 1.59. The summed E-state index contributed by atoms with van der Waals surface area (Å²) >= 11 is 0. The molecule has 0 saturated carbocycles. The maximum Gasteiger partial charge on any atom is 0.179 e. The third-order valence-electron chi connectivity index (χ3n) is 4.57. The highest BCUT2D eigenvalue weighted by Crippen LogP contribution is 2.27. The van der Waals surface area contributed by atoms with Crippen LogP contribution in [0.25, 0.3) is 0 Å². The summed E-state index contributed by atoms with van der Waals surface area (Å²) in [5.41, 5.74) is 0. The van der Waals surface area contributed by atoms with Crippen molar-refractivity contribution in [1.29, 1.82) is 0 Å². The van der Waals surface area contributed by atoms with Gasteiger partial charge in [0.2, 0.25) is 0 Å². The van der Waals surface area contributed by atoms with E-state index in [4.69, 9.17) is 0 Å². The van der Waals surface area contributed by atoms with E-state index >= 15 is 0 Å². The summed E-state index contributed by atoms with van der Waals surface area (Å²) in [7, 11) is -2.48. The van der Waals surface area contributed by atoms with E-state index in [0.29, 0.717) is 0 Å². The largest absolute Gasteiger partial charge is 0.179 e. The smallest absolute Gasteiger partial charge is 0.0991 e. The van der Waals surface area contributed by atoms with Crippen LogP contribution in [0.2, 0.25) is 0 Å². The Morgan fingerprint density at radius 2 is 1.04 bits per heavy atom. The summed E-state index contributed by atoms with van der Waals surface area (Å²) in [4.78, 5) is 0. The summed E-state index contributed by atoms with van der Waals surface area (Å²) < 4.78 is 0. The molecule has 0 atom stereocenters. The van der Waals surface area contributed by atoms with E-state index in [1.54, 1.807) is 0 Å². The van der Waals surface area contributed by atoms with Gasteiger partial charge in [-0.1, -0.05) is 122 Å². The van der Waals surface area contributed by atoms with Gasteiger partial charge in [-0.3, -0.25) is 0 Å². The zero-order valence-corrected chi connectivity index (χ0v) is 17.3. The van der Waals surface area contributed by atoms with Crippen molar-refractivity contribution in [2.45, 2.75) is 13.8 Å². The van der Waals surface area contributed by atoms with Crippen LogP contribution >= 0.6 is 0 Å². The Morgan fingerprint density at radius 3 is 1.33 bits per heavy atom. The molecule has 0 heterocycles. The summed E-state index contributed by atoms with van der Waals surface area (Å²) in [5.74, 6) is 0. The van der Waals surface area contributed by atoms with Crippen LogP contribution in [0.3, 0.4) is 0 Å². The Kier molecular flexibility index (Phi) is 7.78. The maximum absolute atomic E-state index is 3.99. The summed E-state index contributed by atoms with van der Waals surface area (Å²) in [5, 5.41) is 5.27. The number of hydrogen-bond donors (Lipinski definition) is 0. The summed E-state index contributed by atoms with van der Waals surface area (Å²) in [6.45, 7) is 12.1. The Morgan fingerprint density at radius 1 is 0.667 bits per heavy atom. The molecule has 2 aromatic carbocycles. The van der Waals surface area contributed by atoms with Crippen LogP contribution in [-0.4, -0.2) is 8.07 Å². The van der Waals surface area contributed by atoms with Crippen molar-refractivity contribution in [2.24, 2.45) is 0 Å². The summed E-state index contributed by atoms with van der Waals surface area (Å²) in [6, 6.07) is 21.7. The minimum Gasteiger partial charge on any atom is -0.0991 e. The molecular weight excluding hydrogens is 340 g/mol. The monoisotopic (exact) mass is 368 g/mol. The normalized spacial score (nSPS) is 13.3. The highest BCUT2D eigenvalue weighted by molar-refractivity contribution is 7.13. The maximum atomic E-state index is 3.99. The molecular formula is C26H28Si. The molecule has 0 aliphatic heterocycles. The average Bonchev–Trinajstić information content (AvgIpc) is 2.71. The van der Waals surface area contributed by atoms with Crippen LogP contribution in [0.1, 0.15) is 13.8 Å². The van der Waals surface area contributed by atoms with Crippen LogP contribution in [0.15, 0.2) is 133 Å². The van der Waals surface area contributed by atoms with E-state index in [1.165, 1.54) is 20.8 Å². The highest BCUT2D eigenvalue weighted by Gasteiger charge is 2.42. The van der Waals surface area contributed by atoms with Gasteiger partial charge in [-0.25, -0.2) is 0 Å². The van der Waals surface area contributed by atoms with Crippen LogP contribution in [0.4, 0.5) is 0 Å². The van der Waals surface area contributed by atoms with Crippen LogP contribution < -0.4 is 10.4 Å². The van der Waals surface area contributed by atoms with Crippen molar-refractivity contribution >= 4 is 18.4 Å². The number of rotatable bonds is 8. The number of hydrogen-bond acceptors (Lipinski definition) is 0.